The minimum absolute atomic E-state index is 0.353. The molecular formula is C12H13ClF3NO4S. The fourth-order valence-corrected chi connectivity index (χ4v) is 2.03. The molecule has 0 radical (unpaired) electrons. The van der Waals surface area contributed by atoms with E-state index in [1.807, 2.05) is 6.07 Å². The van der Waals surface area contributed by atoms with Gasteiger partial charge >= 0.3 is 18.1 Å². The molecule has 0 aromatic heterocycles. The van der Waals surface area contributed by atoms with Gasteiger partial charge in [0.1, 0.15) is 5.75 Å². The number of carboxylic acid groups (broad SMARTS) is 1. The summed E-state index contributed by atoms with van der Waals surface area (Å²) in [5.74, 6) is -1.84. The molecule has 0 saturated carbocycles. The van der Waals surface area contributed by atoms with Gasteiger partial charge < -0.3 is 15.6 Å². The van der Waals surface area contributed by atoms with Crippen LogP contribution in [0.4, 0.5) is 13.2 Å². The average molecular weight is 360 g/mol. The maximum Gasteiger partial charge on any atom is 0.490 e. The Morgan fingerprint density at radius 1 is 1.41 bits per heavy atom. The number of carboxylic acids is 1. The molecule has 0 spiro atoms. The molecule has 0 unspecified atom stereocenters. The van der Waals surface area contributed by atoms with Crippen LogP contribution in [0.25, 0.3) is 0 Å². The number of carbonyl (C=O) groups is 2. The molecule has 0 bridgehead atoms. The summed E-state index contributed by atoms with van der Waals surface area (Å²) in [4.78, 5) is 20.5. The molecule has 1 rings (SSSR count). The minimum Gasteiger partial charge on any atom is -0.475 e. The van der Waals surface area contributed by atoms with E-state index in [-0.39, 0.29) is 5.97 Å². The number of hydrogen-bond acceptors (Lipinski definition) is 5. The highest BCUT2D eigenvalue weighted by atomic mass is 35.5. The van der Waals surface area contributed by atoms with Gasteiger partial charge in [0.25, 0.3) is 0 Å². The van der Waals surface area contributed by atoms with Crippen molar-refractivity contribution in [1.29, 1.82) is 0 Å². The maximum atomic E-state index is 10.7. The van der Waals surface area contributed by atoms with Crippen LogP contribution in [0.5, 0.6) is 5.75 Å². The normalized spacial score (nSPS) is 10.5. The minimum atomic E-state index is -5.08. The van der Waals surface area contributed by atoms with Crippen molar-refractivity contribution in [2.24, 2.45) is 5.73 Å². The predicted octanol–water partition coefficient (Wildman–Crippen LogP) is 2.95. The van der Waals surface area contributed by atoms with Gasteiger partial charge in [0.2, 0.25) is 0 Å². The van der Waals surface area contributed by atoms with Crippen molar-refractivity contribution in [2.75, 3.05) is 12.3 Å². The summed E-state index contributed by atoms with van der Waals surface area (Å²) in [7, 11) is 0. The number of rotatable bonds is 4. The number of benzene rings is 1. The summed E-state index contributed by atoms with van der Waals surface area (Å²) in [6.45, 7) is 1.96. The van der Waals surface area contributed by atoms with Crippen LogP contribution in [-0.2, 0) is 9.59 Å². The topological polar surface area (TPSA) is 89.6 Å². The summed E-state index contributed by atoms with van der Waals surface area (Å²) >= 11 is 7.57. The highest BCUT2D eigenvalue weighted by Gasteiger charge is 2.38. The molecule has 0 aliphatic carbocycles. The van der Waals surface area contributed by atoms with E-state index < -0.39 is 12.1 Å². The van der Waals surface area contributed by atoms with E-state index in [9.17, 15) is 18.0 Å². The molecule has 124 valence electrons. The molecule has 0 amide bonds. The predicted molar refractivity (Wildman–Crippen MR) is 76.2 cm³/mol. The van der Waals surface area contributed by atoms with Crippen LogP contribution >= 0.6 is 23.4 Å². The lowest BCUT2D eigenvalue weighted by molar-refractivity contribution is -0.192. The van der Waals surface area contributed by atoms with E-state index in [1.165, 1.54) is 6.92 Å². The third-order valence-corrected chi connectivity index (χ3v) is 3.31. The lowest BCUT2D eigenvalue weighted by Crippen LogP contribution is -2.21. The average Bonchev–Trinajstić information content (AvgIpc) is 2.36. The van der Waals surface area contributed by atoms with Crippen molar-refractivity contribution in [3.05, 3.63) is 23.2 Å². The molecule has 1 aromatic rings. The van der Waals surface area contributed by atoms with E-state index in [2.05, 4.69) is 0 Å². The second-order valence-corrected chi connectivity index (χ2v) is 5.17. The first-order chi connectivity index (χ1) is 10.1. The molecule has 0 heterocycles. The smallest absolute Gasteiger partial charge is 0.475 e. The Kier molecular flexibility index (Phi) is 8.91. The maximum absolute atomic E-state index is 10.7. The van der Waals surface area contributed by atoms with Crippen molar-refractivity contribution < 1.29 is 32.6 Å². The number of nitrogens with two attached hydrogens (primary N) is 1. The molecule has 0 aliphatic heterocycles. The van der Waals surface area contributed by atoms with Crippen LogP contribution in [0.3, 0.4) is 0 Å². The fourth-order valence-electron chi connectivity index (χ4n) is 0.997. The van der Waals surface area contributed by atoms with Gasteiger partial charge in [-0.3, -0.25) is 4.79 Å². The van der Waals surface area contributed by atoms with E-state index in [1.54, 1.807) is 23.9 Å². The molecule has 0 aliphatic rings. The number of halogens is 4. The Labute approximate surface area is 133 Å². The standard InChI is InChI=1S/C10H12ClNO2S.C2HF3O2/c1-7(13)14-8-2-3-10(9(11)6-8)15-5-4-12;3-2(4,5)1(6)7/h2-3,6H,4-5,12H2,1H3;(H,6,7). The van der Waals surface area contributed by atoms with Crippen LogP contribution < -0.4 is 10.5 Å². The summed E-state index contributed by atoms with van der Waals surface area (Å²) in [5.41, 5.74) is 5.39. The number of aliphatic carboxylic acids is 1. The Morgan fingerprint density at radius 2 is 1.95 bits per heavy atom. The van der Waals surface area contributed by atoms with Gasteiger partial charge in [0.15, 0.2) is 0 Å². The molecule has 1 aromatic carbocycles. The number of alkyl halides is 3. The zero-order valence-corrected chi connectivity index (χ0v) is 12.9. The van der Waals surface area contributed by atoms with Crippen LogP contribution in [0.2, 0.25) is 5.02 Å². The lowest BCUT2D eigenvalue weighted by atomic mass is 10.3. The summed E-state index contributed by atoms with van der Waals surface area (Å²) < 4.78 is 36.6. The largest absolute Gasteiger partial charge is 0.490 e. The lowest BCUT2D eigenvalue weighted by Gasteiger charge is -2.05. The van der Waals surface area contributed by atoms with Crippen molar-refractivity contribution in [3.8, 4) is 5.75 Å². The van der Waals surface area contributed by atoms with Crippen LogP contribution in [0.15, 0.2) is 23.1 Å². The van der Waals surface area contributed by atoms with Crippen molar-refractivity contribution in [2.45, 2.75) is 18.0 Å². The quantitative estimate of drug-likeness (QED) is 0.488. The van der Waals surface area contributed by atoms with Crippen molar-refractivity contribution in [3.63, 3.8) is 0 Å². The molecule has 3 N–H and O–H groups in total. The zero-order valence-electron chi connectivity index (χ0n) is 11.3. The third-order valence-electron chi connectivity index (χ3n) is 1.78. The van der Waals surface area contributed by atoms with Crippen molar-refractivity contribution in [1.82, 2.24) is 0 Å². The van der Waals surface area contributed by atoms with Gasteiger partial charge in [0, 0.05) is 30.2 Å². The van der Waals surface area contributed by atoms with E-state index in [0.717, 1.165) is 10.6 Å². The number of hydrogen-bond donors (Lipinski definition) is 2. The molecule has 5 nitrogen and oxygen atoms in total. The van der Waals surface area contributed by atoms with E-state index in [4.69, 9.17) is 32.0 Å². The molecular weight excluding hydrogens is 347 g/mol. The second kappa shape index (κ2) is 9.54. The fraction of sp³-hybridized carbons (Fsp3) is 0.333. The Hall–Kier alpha value is -1.45. The highest BCUT2D eigenvalue weighted by Crippen LogP contribution is 2.30. The number of ether oxygens (including phenoxy) is 1. The second-order valence-electron chi connectivity index (χ2n) is 3.63. The summed E-state index contributed by atoms with van der Waals surface area (Å²) in [6.07, 6.45) is -5.08. The summed E-state index contributed by atoms with van der Waals surface area (Å²) in [6, 6.07) is 5.16. The number of esters is 1. The van der Waals surface area contributed by atoms with Crippen molar-refractivity contribution >= 4 is 35.3 Å². The Morgan fingerprint density at radius 3 is 2.32 bits per heavy atom. The first kappa shape index (κ1) is 20.6. The first-order valence-electron chi connectivity index (χ1n) is 5.69. The zero-order chi connectivity index (χ0) is 17.3. The third kappa shape index (κ3) is 8.75. The van der Waals surface area contributed by atoms with Crippen LogP contribution in [-0.4, -0.2) is 35.5 Å². The SMILES string of the molecule is CC(=O)Oc1ccc(SCCN)c(Cl)c1.O=C(O)C(F)(F)F. The van der Waals surface area contributed by atoms with E-state index in [0.29, 0.717) is 17.3 Å². The number of thioether (sulfide) groups is 1. The van der Waals surface area contributed by atoms with Gasteiger partial charge in [-0.1, -0.05) is 11.6 Å². The molecule has 10 heteroatoms. The van der Waals surface area contributed by atoms with Crippen LogP contribution in [0.1, 0.15) is 6.92 Å². The first-order valence-corrected chi connectivity index (χ1v) is 7.05. The Balaban J connectivity index is 0.000000534. The number of carbonyl (C=O) groups excluding carboxylic acids is 1. The van der Waals surface area contributed by atoms with Gasteiger partial charge in [-0.2, -0.15) is 13.2 Å². The van der Waals surface area contributed by atoms with E-state index >= 15 is 0 Å². The van der Waals surface area contributed by atoms with Gasteiger partial charge in [-0.25, -0.2) is 4.79 Å². The van der Waals surface area contributed by atoms with Gasteiger partial charge in [0.05, 0.1) is 5.02 Å². The monoisotopic (exact) mass is 359 g/mol. The van der Waals surface area contributed by atoms with Gasteiger partial charge in [-0.05, 0) is 12.1 Å². The molecule has 0 saturated heterocycles. The van der Waals surface area contributed by atoms with Gasteiger partial charge in [-0.15, -0.1) is 11.8 Å². The molecule has 22 heavy (non-hydrogen) atoms. The molecule has 0 atom stereocenters. The highest BCUT2D eigenvalue weighted by molar-refractivity contribution is 7.99. The van der Waals surface area contributed by atoms with Crippen LogP contribution in [0, 0.1) is 0 Å². The summed E-state index contributed by atoms with van der Waals surface area (Å²) in [5, 5.41) is 7.70. The molecule has 0 fully saturated rings. The Bertz CT molecular complexity index is 526.